The Labute approximate surface area is 158 Å². The van der Waals surface area contributed by atoms with E-state index < -0.39 is 0 Å². The molecule has 1 heterocycles. The predicted molar refractivity (Wildman–Crippen MR) is 111 cm³/mol. The van der Waals surface area contributed by atoms with Crippen molar-refractivity contribution < 1.29 is 4.74 Å². The van der Waals surface area contributed by atoms with Crippen LogP contribution in [0, 0.1) is 0 Å². The highest BCUT2D eigenvalue weighted by Crippen LogP contribution is 2.28. The number of para-hydroxylation sites is 2. The van der Waals surface area contributed by atoms with E-state index in [-0.39, 0.29) is 0 Å². The quantitative estimate of drug-likeness (QED) is 0.595. The van der Waals surface area contributed by atoms with Gasteiger partial charge in [0, 0.05) is 52.4 Å². The molecule has 6 heteroatoms. The third kappa shape index (κ3) is 5.27. The van der Waals surface area contributed by atoms with Gasteiger partial charge >= 0.3 is 0 Å². The molecule has 6 nitrogen and oxygen atoms in total. The second kappa shape index (κ2) is 10.3. The van der Waals surface area contributed by atoms with Gasteiger partial charge in [-0.2, -0.15) is 0 Å². The monoisotopic (exact) mass is 361 g/mol. The van der Waals surface area contributed by atoms with Gasteiger partial charge in [-0.25, -0.2) is 0 Å². The number of hydrogen-bond acceptors (Lipinski definition) is 4. The molecule has 0 bridgehead atoms. The maximum atomic E-state index is 5.50. The van der Waals surface area contributed by atoms with Crippen molar-refractivity contribution in [1.82, 2.24) is 15.1 Å². The number of benzene rings is 1. The first-order valence-corrected chi connectivity index (χ1v) is 9.64. The molecule has 0 aromatic heterocycles. The number of ether oxygens (including phenoxy) is 1. The zero-order valence-corrected chi connectivity index (χ0v) is 17.0. The van der Waals surface area contributed by atoms with Gasteiger partial charge in [-0.05, 0) is 32.5 Å². The fourth-order valence-corrected chi connectivity index (χ4v) is 3.26. The minimum Gasteiger partial charge on any atom is -0.495 e. The number of anilines is 1. The number of guanidine groups is 1. The van der Waals surface area contributed by atoms with E-state index in [9.17, 15) is 0 Å². The van der Waals surface area contributed by atoms with Gasteiger partial charge in [0.1, 0.15) is 5.75 Å². The number of likely N-dealkylation sites (N-methyl/N-ethyl adjacent to an activating group) is 1. The molecule has 1 aliphatic rings. The number of hydrogen-bond donors (Lipinski definition) is 1. The van der Waals surface area contributed by atoms with E-state index >= 15 is 0 Å². The van der Waals surface area contributed by atoms with E-state index in [1.807, 2.05) is 19.2 Å². The van der Waals surface area contributed by atoms with Crippen molar-refractivity contribution in [2.75, 3.05) is 65.4 Å². The fraction of sp³-hybridized carbons (Fsp3) is 0.650. The molecule has 0 amide bonds. The molecular weight excluding hydrogens is 326 g/mol. The Bertz CT molecular complexity index is 569. The normalized spacial score (nSPS) is 16.8. The molecule has 146 valence electrons. The Morgan fingerprint density at radius 1 is 1.27 bits per heavy atom. The van der Waals surface area contributed by atoms with Crippen LogP contribution < -0.4 is 15.0 Å². The van der Waals surface area contributed by atoms with Crippen LogP contribution in [-0.2, 0) is 0 Å². The summed E-state index contributed by atoms with van der Waals surface area (Å²) in [5.74, 6) is 1.94. The van der Waals surface area contributed by atoms with Crippen LogP contribution >= 0.6 is 0 Å². The second-order valence-corrected chi connectivity index (χ2v) is 6.86. The van der Waals surface area contributed by atoms with Gasteiger partial charge in [0.25, 0.3) is 0 Å². The highest BCUT2D eigenvalue weighted by molar-refractivity contribution is 5.80. The molecule has 1 unspecified atom stereocenters. The van der Waals surface area contributed by atoms with E-state index in [1.54, 1.807) is 7.11 Å². The SMILES string of the molecule is CCC(C)N(C)CCNC(=NC)N1CCN(c2ccccc2OC)CC1. The molecule has 1 N–H and O–H groups in total. The maximum absolute atomic E-state index is 5.50. The number of rotatable bonds is 7. The number of methoxy groups -OCH3 is 1. The number of piperazine rings is 1. The van der Waals surface area contributed by atoms with Gasteiger partial charge in [-0.1, -0.05) is 19.1 Å². The molecule has 2 rings (SSSR count). The van der Waals surface area contributed by atoms with Crippen LogP contribution in [0.4, 0.5) is 5.69 Å². The smallest absolute Gasteiger partial charge is 0.193 e. The van der Waals surface area contributed by atoms with Crippen molar-refractivity contribution in [3.05, 3.63) is 24.3 Å². The van der Waals surface area contributed by atoms with Gasteiger partial charge < -0.3 is 24.8 Å². The summed E-state index contributed by atoms with van der Waals surface area (Å²) < 4.78 is 5.50. The number of nitrogens with zero attached hydrogens (tertiary/aromatic N) is 4. The summed E-state index contributed by atoms with van der Waals surface area (Å²) in [6.07, 6.45) is 1.18. The molecule has 0 saturated carbocycles. The predicted octanol–water partition coefficient (Wildman–Crippen LogP) is 2.12. The van der Waals surface area contributed by atoms with Crippen LogP contribution in [-0.4, -0.2) is 82.3 Å². The Hall–Kier alpha value is -1.95. The molecule has 26 heavy (non-hydrogen) atoms. The Morgan fingerprint density at radius 3 is 2.58 bits per heavy atom. The summed E-state index contributed by atoms with van der Waals surface area (Å²) in [5.41, 5.74) is 1.17. The Kier molecular flexibility index (Phi) is 8.04. The van der Waals surface area contributed by atoms with Crippen molar-refractivity contribution in [2.45, 2.75) is 26.3 Å². The molecule has 0 aliphatic carbocycles. The van der Waals surface area contributed by atoms with Crippen molar-refractivity contribution in [3.63, 3.8) is 0 Å². The van der Waals surface area contributed by atoms with Crippen molar-refractivity contribution in [3.8, 4) is 5.75 Å². The van der Waals surface area contributed by atoms with E-state index in [2.05, 4.69) is 58.0 Å². The standard InChI is InChI=1S/C20H35N5O/c1-6-17(2)23(4)12-11-22-20(21-3)25-15-13-24(14-16-25)18-9-7-8-10-19(18)26-5/h7-10,17H,6,11-16H2,1-5H3,(H,21,22). The molecule has 0 spiro atoms. The zero-order chi connectivity index (χ0) is 18.9. The van der Waals surface area contributed by atoms with E-state index in [4.69, 9.17) is 4.74 Å². The summed E-state index contributed by atoms with van der Waals surface area (Å²) in [6.45, 7) is 10.3. The first-order chi connectivity index (χ1) is 12.6. The summed E-state index contributed by atoms with van der Waals surface area (Å²) >= 11 is 0. The first kappa shape index (κ1) is 20.4. The van der Waals surface area contributed by atoms with Crippen LogP contribution in [0.25, 0.3) is 0 Å². The molecule has 1 atom stereocenters. The summed E-state index contributed by atoms with van der Waals surface area (Å²) in [7, 11) is 5.79. The van der Waals surface area contributed by atoms with Crippen LogP contribution in [0.3, 0.4) is 0 Å². The summed E-state index contributed by atoms with van der Waals surface area (Å²) in [4.78, 5) is 11.6. The fourth-order valence-electron chi connectivity index (χ4n) is 3.26. The third-order valence-electron chi connectivity index (χ3n) is 5.31. The van der Waals surface area contributed by atoms with Gasteiger partial charge in [0.2, 0.25) is 0 Å². The maximum Gasteiger partial charge on any atom is 0.193 e. The molecule has 1 saturated heterocycles. The van der Waals surface area contributed by atoms with Crippen LogP contribution in [0.1, 0.15) is 20.3 Å². The summed E-state index contributed by atoms with van der Waals surface area (Å²) in [5, 5.41) is 3.52. The van der Waals surface area contributed by atoms with Crippen LogP contribution in [0.15, 0.2) is 29.3 Å². The molecule has 1 fully saturated rings. The average Bonchev–Trinajstić information content (AvgIpc) is 2.70. The van der Waals surface area contributed by atoms with Gasteiger partial charge in [0.05, 0.1) is 12.8 Å². The van der Waals surface area contributed by atoms with E-state index in [0.717, 1.165) is 51.0 Å². The molecular formula is C20H35N5O. The van der Waals surface area contributed by atoms with Gasteiger partial charge in [-0.3, -0.25) is 4.99 Å². The molecule has 0 radical (unpaired) electrons. The third-order valence-corrected chi connectivity index (χ3v) is 5.31. The minimum absolute atomic E-state index is 0.614. The Balaban J connectivity index is 1.83. The second-order valence-electron chi connectivity index (χ2n) is 6.86. The molecule has 1 aliphatic heterocycles. The molecule has 1 aromatic carbocycles. The minimum atomic E-state index is 0.614. The van der Waals surface area contributed by atoms with Crippen LogP contribution in [0.5, 0.6) is 5.75 Å². The van der Waals surface area contributed by atoms with Crippen molar-refractivity contribution in [2.24, 2.45) is 4.99 Å². The van der Waals surface area contributed by atoms with E-state index in [0.29, 0.717) is 6.04 Å². The van der Waals surface area contributed by atoms with Gasteiger partial charge in [-0.15, -0.1) is 0 Å². The zero-order valence-electron chi connectivity index (χ0n) is 17.0. The van der Waals surface area contributed by atoms with Crippen molar-refractivity contribution in [1.29, 1.82) is 0 Å². The number of nitrogens with one attached hydrogen (secondary N) is 1. The van der Waals surface area contributed by atoms with Crippen molar-refractivity contribution >= 4 is 11.6 Å². The van der Waals surface area contributed by atoms with E-state index in [1.165, 1.54) is 12.1 Å². The Morgan fingerprint density at radius 2 is 1.96 bits per heavy atom. The molecule has 1 aromatic rings. The highest BCUT2D eigenvalue weighted by atomic mass is 16.5. The summed E-state index contributed by atoms with van der Waals surface area (Å²) in [6, 6.07) is 8.85. The first-order valence-electron chi connectivity index (χ1n) is 9.64. The lowest BCUT2D eigenvalue weighted by Gasteiger charge is -2.38. The highest BCUT2D eigenvalue weighted by Gasteiger charge is 2.21. The average molecular weight is 362 g/mol. The number of aliphatic imine (C=N–C) groups is 1. The lowest BCUT2D eigenvalue weighted by molar-refractivity contribution is 0.254. The lowest BCUT2D eigenvalue weighted by atomic mass is 10.2. The van der Waals surface area contributed by atoms with Crippen LogP contribution in [0.2, 0.25) is 0 Å². The topological polar surface area (TPSA) is 43.3 Å². The lowest BCUT2D eigenvalue weighted by Crippen LogP contribution is -2.53. The largest absolute Gasteiger partial charge is 0.495 e. The van der Waals surface area contributed by atoms with Gasteiger partial charge in [0.15, 0.2) is 5.96 Å².